The third-order valence-corrected chi connectivity index (χ3v) is 8.86. The van der Waals surface area contributed by atoms with E-state index in [-0.39, 0.29) is 35.5 Å². The van der Waals surface area contributed by atoms with Gasteiger partial charge in [-0.2, -0.15) is 0 Å². The van der Waals surface area contributed by atoms with Gasteiger partial charge in [-0.1, -0.05) is 43.5 Å². The molecule has 3 aliphatic rings. The van der Waals surface area contributed by atoms with Crippen LogP contribution in [0.3, 0.4) is 0 Å². The van der Waals surface area contributed by atoms with Gasteiger partial charge in [-0.15, -0.1) is 0 Å². The smallest absolute Gasteiger partial charge is 0.237 e. The Balaban J connectivity index is 1.50. The second kappa shape index (κ2) is 8.76. The van der Waals surface area contributed by atoms with Crippen LogP contribution >= 0.6 is 0 Å². The van der Waals surface area contributed by atoms with Crippen molar-refractivity contribution in [2.45, 2.75) is 75.9 Å². The molecule has 1 amide bonds. The van der Waals surface area contributed by atoms with Gasteiger partial charge in [0.2, 0.25) is 5.91 Å². The normalized spacial score (nSPS) is 27.0. The number of carbonyl (C=O) groups excluding carboxylic acids is 1. The summed E-state index contributed by atoms with van der Waals surface area (Å²) < 4.78 is 24.2. The average molecular weight is 419 g/mol. The third kappa shape index (κ3) is 4.69. The van der Waals surface area contributed by atoms with Crippen molar-refractivity contribution in [3.8, 4) is 0 Å². The second-order valence-electron chi connectivity index (χ2n) is 9.17. The van der Waals surface area contributed by atoms with Gasteiger partial charge in [0, 0.05) is 18.1 Å². The molecule has 6 heteroatoms. The molecule has 0 aromatic heterocycles. The van der Waals surface area contributed by atoms with E-state index in [1.807, 2.05) is 4.90 Å². The molecular formula is C23H34N2O3S. The maximum Gasteiger partial charge on any atom is 0.237 e. The molecule has 1 aliphatic heterocycles. The Bertz CT molecular complexity index is 832. The van der Waals surface area contributed by atoms with Gasteiger partial charge in [-0.05, 0) is 56.7 Å². The Morgan fingerprint density at radius 1 is 1.00 bits per heavy atom. The lowest BCUT2D eigenvalue weighted by Crippen LogP contribution is -2.52. The van der Waals surface area contributed by atoms with E-state index >= 15 is 0 Å². The number of hydrogen-bond acceptors (Lipinski definition) is 4. The summed E-state index contributed by atoms with van der Waals surface area (Å²) >= 11 is 0. The number of sulfone groups is 1. The molecular weight excluding hydrogens is 384 g/mol. The monoisotopic (exact) mass is 418 g/mol. The summed E-state index contributed by atoms with van der Waals surface area (Å²) in [7, 11) is -0.958. The first-order valence-corrected chi connectivity index (χ1v) is 13.1. The molecule has 2 fully saturated rings. The predicted octanol–water partition coefficient (Wildman–Crippen LogP) is 3.34. The Kier molecular flexibility index (Phi) is 6.30. The van der Waals surface area contributed by atoms with Gasteiger partial charge in [-0.3, -0.25) is 9.69 Å². The maximum atomic E-state index is 13.5. The quantitative estimate of drug-likeness (QED) is 0.736. The van der Waals surface area contributed by atoms with Crippen molar-refractivity contribution in [1.29, 1.82) is 0 Å². The van der Waals surface area contributed by atoms with Gasteiger partial charge < -0.3 is 4.90 Å². The third-order valence-electron chi connectivity index (χ3n) is 7.11. The molecule has 1 saturated heterocycles. The largest absolute Gasteiger partial charge is 0.335 e. The molecule has 160 valence electrons. The summed E-state index contributed by atoms with van der Waals surface area (Å²) in [6.07, 6.45) is 9.45. The van der Waals surface area contributed by atoms with Crippen LogP contribution in [0.15, 0.2) is 24.3 Å². The maximum absolute atomic E-state index is 13.5. The number of nitrogens with zero attached hydrogens (tertiary/aromatic N) is 2. The highest BCUT2D eigenvalue weighted by atomic mass is 32.2. The van der Waals surface area contributed by atoms with Crippen molar-refractivity contribution >= 4 is 15.7 Å². The number of carbonyl (C=O) groups is 1. The van der Waals surface area contributed by atoms with Crippen LogP contribution in [0.4, 0.5) is 0 Å². The number of benzene rings is 1. The number of rotatable bonds is 5. The number of fused-ring (bicyclic) bond motifs is 1. The standard InChI is InChI=1S/C23H34N2O3S/c1-24(22-13-7-9-18-8-5-6-12-21(18)22)16-23(26)25(19-10-3-2-4-11-19)20-14-15-29(27,28)17-20/h5-6,8,12,19-20,22H,2-4,7,9-11,13-17H2,1H3/t20-,22-/m0/s1. The van der Waals surface area contributed by atoms with Crippen LogP contribution in [0.2, 0.25) is 0 Å². The Hall–Kier alpha value is -1.40. The highest BCUT2D eigenvalue weighted by Gasteiger charge is 2.39. The fourth-order valence-electron chi connectivity index (χ4n) is 5.65. The van der Waals surface area contributed by atoms with E-state index < -0.39 is 9.84 Å². The number of hydrogen-bond donors (Lipinski definition) is 0. The SMILES string of the molecule is CN(CC(=O)N(C1CCCCC1)[C@H]1CCS(=O)(=O)C1)[C@H]1CCCc2ccccc21. The van der Waals surface area contributed by atoms with Crippen LogP contribution in [0.1, 0.15) is 68.5 Å². The molecule has 1 aromatic carbocycles. The molecule has 0 unspecified atom stereocenters. The molecule has 5 nitrogen and oxygen atoms in total. The molecule has 29 heavy (non-hydrogen) atoms. The Morgan fingerprint density at radius 2 is 1.76 bits per heavy atom. The number of amides is 1. The second-order valence-corrected chi connectivity index (χ2v) is 11.4. The van der Waals surface area contributed by atoms with Crippen LogP contribution in [0.25, 0.3) is 0 Å². The summed E-state index contributed by atoms with van der Waals surface area (Å²) in [5.41, 5.74) is 2.75. The van der Waals surface area contributed by atoms with E-state index in [4.69, 9.17) is 0 Å². The van der Waals surface area contributed by atoms with Crippen molar-refractivity contribution in [2.75, 3.05) is 25.1 Å². The summed E-state index contributed by atoms with van der Waals surface area (Å²) in [6.45, 7) is 0.367. The Labute approximate surface area is 175 Å². The van der Waals surface area contributed by atoms with Gasteiger partial charge in [0.1, 0.15) is 0 Å². The van der Waals surface area contributed by atoms with E-state index in [1.165, 1.54) is 17.5 Å². The lowest BCUT2D eigenvalue weighted by molar-refractivity contribution is -0.138. The lowest BCUT2D eigenvalue weighted by Gasteiger charge is -2.40. The fraction of sp³-hybridized carbons (Fsp3) is 0.696. The van der Waals surface area contributed by atoms with Gasteiger partial charge in [0.15, 0.2) is 9.84 Å². The minimum atomic E-state index is -3.01. The molecule has 0 N–H and O–H groups in total. The van der Waals surface area contributed by atoms with Crippen LogP contribution in [-0.2, 0) is 21.1 Å². The highest BCUT2D eigenvalue weighted by Crippen LogP contribution is 2.34. The number of aryl methyl sites for hydroxylation is 1. The fourth-order valence-corrected chi connectivity index (χ4v) is 7.36. The van der Waals surface area contributed by atoms with Crippen molar-refractivity contribution < 1.29 is 13.2 Å². The Morgan fingerprint density at radius 3 is 2.48 bits per heavy atom. The topological polar surface area (TPSA) is 57.7 Å². The van der Waals surface area contributed by atoms with Crippen LogP contribution in [-0.4, -0.2) is 61.3 Å². The first kappa shape index (κ1) is 20.9. The highest BCUT2D eigenvalue weighted by molar-refractivity contribution is 7.91. The summed E-state index contributed by atoms with van der Waals surface area (Å²) in [6, 6.07) is 8.92. The first-order chi connectivity index (χ1) is 13.9. The molecule has 0 bridgehead atoms. The first-order valence-electron chi connectivity index (χ1n) is 11.2. The zero-order valence-corrected chi connectivity index (χ0v) is 18.4. The van der Waals surface area contributed by atoms with E-state index in [0.29, 0.717) is 13.0 Å². The van der Waals surface area contributed by atoms with Crippen LogP contribution in [0.5, 0.6) is 0 Å². The minimum Gasteiger partial charge on any atom is -0.335 e. The van der Waals surface area contributed by atoms with E-state index in [9.17, 15) is 13.2 Å². The van der Waals surface area contributed by atoms with E-state index in [2.05, 4.69) is 36.2 Å². The van der Waals surface area contributed by atoms with Crippen molar-refractivity contribution in [2.24, 2.45) is 0 Å². The van der Waals surface area contributed by atoms with Gasteiger partial charge in [0.25, 0.3) is 0 Å². The minimum absolute atomic E-state index is 0.115. The van der Waals surface area contributed by atoms with Crippen LogP contribution < -0.4 is 0 Å². The average Bonchev–Trinajstić information content (AvgIpc) is 3.07. The van der Waals surface area contributed by atoms with Gasteiger partial charge in [-0.25, -0.2) is 8.42 Å². The predicted molar refractivity (Wildman–Crippen MR) is 116 cm³/mol. The molecule has 1 aromatic rings. The summed E-state index contributed by atoms with van der Waals surface area (Å²) in [4.78, 5) is 17.7. The molecule has 2 atom stereocenters. The molecule has 0 spiro atoms. The van der Waals surface area contributed by atoms with E-state index in [1.54, 1.807) is 0 Å². The van der Waals surface area contributed by atoms with Crippen molar-refractivity contribution in [3.05, 3.63) is 35.4 Å². The molecule has 1 heterocycles. The summed E-state index contributed by atoms with van der Waals surface area (Å²) in [5.74, 6) is 0.482. The number of likely N-dealkylation sites (N-methyl/N-ethyl adjacent to an activating group) is 1. The van der Waals surface area contributed by atoms with Gasteiger partial charge >= 0.3 is 0 Å². The van der Waals surface area contributed by atoms with Crippen molar-refractivity contribution in [1.82, 2.24) is 9.80 Å². The molecule has 0 radical (unpaired) electrons. The van der Waals surface area contributed by atoms with Crippen LogP contribution in [0, 0.1) is 0 Å². The van der Waals surface area contributed by atoms with Gasteiger partial charge in [0.05, 0.1) is 18.1 Å². The molecule has 1 saturated carbocycles. The summed E-state index contributed by atoms with van der Waals surface area (Å²) in [5, 5.41) is 0. The zero-order chi connectivity index (χ0) is 20.4. The zero-order valence-electron chi connectivity index (χ0n) is 17.6. The molecule has 2 aliphatic carbocycles. The van der Waals surface area contributed by atoms with Crippen molar-refractivity contribution in [3.63, 3.8) is 0 Å². The lowest BCUT2D eigenvalue weighted by atomic mass is 9.87. The molecule has 4 rings (SSSR count). The van der Waals surface area contributed by atoms with E-state index in [0.717, 1.165) is 44.9 Å².